The molecule has 0 aromatic heterocycles. The van der Waals surface area contributed by atoms with Crippen LogP contribution in [0.25, 0.3) is 0 Å². The quantitative estimate of drug-likeness (QED) is 0.185. The summed E-state index contributed by atoms with van der Waals surface area (Å²) in [6, 6.07) is 0. The van der Waals surface area contributed by atoms with Crippen LogP contribution in [0.15, 0.2) is 5.16 Å². The highest BCUT2D eigenvalue weighted by molar-refractivity contribution is 6.05. The molecule has 0 heterocycles. The standard InChI is InChI=1S/C8H17N3O3/c1-8(2,6(9)11-13)7(12)10-4-5-14-3/h13H,4-5H2,1-3H3,(H2,9,11)(H,10,12). The Morgan fingerprint density at radius 1 is 1.64 bits per heavy atom. The molecule has 0 bridgehead atoms. The highest BCUT2D eigenvalue weighted by Crippen LogP contribution is 2.14. The van der Waals surface area contributed by atoms with Crippen molar-refractivity contribution in [1.82, 2.24) is 5.32 Å². The number of nitrogens with zero attached hydrogens (tertiary/aromatic N) is 1. The molecule has 0 aliphatic carbocycles. The minimum Gasteiger partial charge on any atom is -0.409 e. The van der Waals surface area contributed by atoms with E-state index in [0.717, 1.165) is 0 Å². The molecule has 0 spiro atoms. The van der Waals surface area contributed by atoms with Gasteiger partial charge in [0.15, 0.2) is 5.84 Å². The van der Waals surface area contributed by atoms with Crippen LogP contribution in [0, 0.1) is 5.41 Å². The molecule has 6 heteroatoms. The van der Waals surface area contributed by atoms with Crippen LogP contribution in [0.4, 0.5) is 0 Å². The van der Waals surface area contributed by atoms with Crippen molar-refractivity contribution in [3.8, 4) is 0 Å². The van der Waals surface area contributed by atoms with Crippen LogP contribution in [-0.2, 0) is 9.53 Å². The molecule has 0 rings (SSSR count). The van der Waals surface area contributed by atoms with Gasteiger partial charge in [-0.2, -0.15) is 0 Å². The third-order valence-electron chi connectivity index (χ3n) is 1.91. The minimum atomic E-state index is -1.01. The third kappa shape index (κ3) is 3.21. The first-order valence-corrected chi connectivity index (χ1v) is 4.22. The second kappa shape index (κ2) is 5.43. The van der Waals surface area contributed by atoms with Crippen LogP contribution >= 0.6 is 0 Å². The molecule has 0 unspecified atom stereocenters. The number of ether oxygens (including phenoxy) is 1. The molecule has 0 aromatic carbocycles. The van der Waals surface area contributed by atoms with Crippen LogP contribution in [0.2, 0.25) is 0 Å². The number of rotatable bonds is 5. The Morgan fingerprint density at radius 3 is 2.64 bits per heavy atom. The van der Waals surface area contributed by atoms with Crippen molar-refractivity contribution in [3.63, 3.8) is 0 Å². The molecule has 0 atom stereocenters. The van der Waals surface area contributed by atoms with E-state index in [0.29, 0.717) is 13.2 Å². The van der Waals surface area contributed by atoms with E-state index < -0.39 is 5.41 Å². The number of methoxy groups -OCH3 is 1. The fourth-order valence-electron chi connectivity index (χ4n) is 0.729. The van der Waals surface area contributed by atoms with Crippen LogP contribution in [0.3, 0.4) is 0 Å². The van der Waals surface area contributed by atoms with Crippen LogP contribution in [0.5, 0.6) is 0 Å². The number of nitrogens with two attached hydrogens (primary N) is 1. The summed E-state index contributed by atoms with van der Waals surface area (Å²) in [5.41, 5.74) is 4.35. The maximum Gasteiger partial charge on any atom is 0.233 e. The number of carbonyl (C=O) groups excluding carboxylic acids is 1. The zero-order valence-electron chi connectivity index (χ0n) is 8.70. The van der Waals surface area contributed by atoms with Gasteiger partial charge in [-0.1, -0.05) is 5.16 Å². The van der Waals surface area contributed by atoms with Crippen LogP contribution in [0.1, 0.15) is 13.8 Å². The zero-order valence-corrected chi connectivity index (χ0v) is 8.70. The normalized spacial score (nSPS) is 12.6. The Bertz CT molecular complexity index is 226. The maximum atomic E-state index is 11.5. The second-order valence-corrected chi connectivity index (χ2v) is 3.36. The molecule has 14 heavy (non-hydrogen) atoms. The fraction of sp³-hybridized carbons (Fsp3) is 0.750. The molecule has 0 fully saturated rings. The van der Waals surface area contributed by atoms with E-state index in [-0.39, 0.29) is 11.7 Å². The summed E-state index contributed by atoms with van der Waals surface area (Å²) in [5.74, 6) is -0.419. The number of oxime groups is 1. The van der Waals surface area contributed by atoms with Crippen molar-refractivity contribution >= 4 is 11.7 Å². The predicted molar refractivity (Wildman–Crippen MR) is 52.1 cm³/mol. The molecule has 0 aromatic rings. The smallest absolute Gasteiger partial charge is 0.233 e. The zero-order chi connectivity index (χ0) is 11.2. The Kier molecular flexibility index (Phi) is 4.93. The molecule has 1 amide bonds. The van der Waals surface area contributed by atoms with E-state index in [2.05, 4.69) is 10.5 Å². The van der Waals surface area contributed by atoms with Gasteiger partial charge in [-0.3, -0.25) is 4.79 Å². The monoisotopic (exact) mass is 203 g/mol. The van der Waals surface area contributed by atoms with E-state index in [1.165, 1.54) is 0 Å². The molecular weight excluding hydrogens is 186 g/mol. The third-order valence-corrected chi connectivity index (χ3v) is 1.91. The summed E-state index contributed by atoms with van der Waals surface area (Å²) in [7, 11) is 1.54. The van der Waals surface area contributed by atoms with Crippen LogP contribution < -0.4 is 11.1 Å². The molecule has 0 aliphatic heterocycles. The van der Waals surface area contributed by atoms with E-state index in [4.69, 9.17) is 15.7 Å². The summed E-state index contributed by atoms with van der Waals surface area (Å²) < 4.78 is 4.77. The largest absolute Gasteiger partial charge is 0.409 e. The Morgan fingerprint density at radius 2 is 2.21 bits per heavy atom. The maximum absolute atomic E-state index is 11.5. The summed E-state index contributed by atoms with van der Waals surface area (Å²) in [4.78, 5) is 11.5. The first kappa shape index (κ1) is 12.7. The number of carbonyl (C=O) groups is 1. The van der Waals surface area contributed by atoms with Gasteiger partial charge in [0.25, 0.3) is 0 Å². The molecule has 0 aliphatic rings. The first-order valence-electron chi connectivity index (χ1n) is 4.22. The molecule has 0 saturated carbocycles. The lowest BCUT2D eigenvalue weighted by Crippen LogP contribution is -2.46. The van der Waals surface area contributed by atoms with Crippen molar-refractivity contribution in [2.24, 2.45) is 16.3 Å². The van der Waals surface area contributed by atoms with E-state index >= 15 is 0 Å². The van der Waals surface area contributed by atoms with Crippen molar-refractivity contribution in [3.05, 3.63) is 0 Å². The highest BCUT2D eigenvalue weighted by Gasteiger charge is 2.32. The number of nitrogens with one attached hydrogen (secondary N) is 1. The Balaban J connectivity index is 4.22. The number of hydrogen-bond acceptors (Lipinski definition) is 4. The van der Waals surface area contributed by atoms with E-state index in [1.54, 1.807) is 21.0 Å². The van der Waals surface area contributed by atoms with E-state index in [1.807, 2.05) is 0 Å². The van der Waals surface area contributed by atoms with Crippen molar-refractivity contribution in [1.29, 1.82) is 0 Å². The van der Waals surface area contributed by atoms with Crippen molar-refractivity contribution < 1.29 is 14.7 Å². The van der Waals surface area contributed by atoms with Gasteiger partial charge in [0.2, 0.25) is 5.91 Å². The number of hydrogen-bond donors (Lipinski definition) is 3. The summed E-state index contributed by atoms with van der Waals surface area (Å²) in [5, 5.41) is 13.9. The summed E-state index contributed by atoms with van der Waals surface area (Å²) in [6.07, 6.45) is 0. The van der Waals surface area contributed by atoms with Gasteiger partial charge < -0.3 is 21.0 Å². The van der Waals surface area contributed by atoms with Gasteiger partial charge in [0.1, 0.15) is 5.41 Å². The lowest BCUT2D eigenvalue weighted by atomic mass is 9.91. The molecule has 82 valence electrons. The van der Waals surface area contributed by atoms with E-state index in [9.17, 15) is 4.79 Å². The van der Waals surface area contributed by atoms with Crippen molar-refractivity contribution in [2.45, 2.75) is 13.8 Å². The SMILES string of the molecule is COCCNC(=O)C(C)(C)C(N)=NO. The topological polar surface area (TPSA) is 96.9 Å². The van der Waals surface area contributed by atoms with Crippen LogP contribution in [-0.4, -0.2) is 37.2 Å². The lowest BCUT2D eigenvalue weighted by molar-refractivity contribution is -0.126. The molecule has 4 N–H and O–H groups in total. The van der Waals surface area contributed by atoms with Gasteiger partial charge >= 0.3 is 0 Å². The number of amidine groups is 1. The Labute approximate surface area is 83.1 Å². The van der Waals surface area contributed by atoms with Gasteiger partial charge in [-0.25, -0.2) is 0 Å². The average molecular weight is 203 g/mol. The predicted octanol–water partition coefficient (Wildman–Crippen LogP) is -0.478. The fourth-order valence-corrected chi connectivity index (χ4v) is 0.729. The molecular formula is C8H17N3O3. The second-order valence-electron chi connectivity index (χ2n) is 3.36. The molecule has 0 radical (unpaired) electrons. The summed E-state index contributed by atoms with van der Waals surface area (Å²) >= 11 is 0. The van der Waals surface area contributed by atoms with Gasteiger partial charge in [-0.05, 0) is 13.8 Å². The van der Waals surface area contributed by atoms with Crippen molar-refractivity contribution in [2.75, 3.05) is 20.3 Å². The summed E-state index contributed by atoms with van der Waals surface area (Å²) in [6.45, 7) is 3.98. The van der Waals surface area contributed by atoms with Gasteiger partial charge in [0.05, 0.1) is 6.61 Å². The lowest BCUT2D eigenvalue weighted by Gasteiger charge is -2.21. The highest BCUT2D eigenvalue weighted by atomic mass is 16.5. The first-order chi connectivity index (χ1) is 6.46. The minimum absolute atomic E-state index is 0.118. The average Bonchev–Trinajstić information content (AvgIpc) is 2.16. The Hall–Kier alpha value is -1.30. The molecule has 6 nitrogen and oxygen atoms in total. The van der Waals surface area contributed by atoms with Gasteiger partial charge in [-0.15, -0.1) is 0 Å². The van der Waals surface area contributed by atoms with Gasteiger partial charge in [0, 0.05) is 13.7 Å². The molecule has 0 saturated heterocycles. The number of amides is 1.